The second-order valence-corrected chi connectivity index (χ2v) is 7.39. The Morgan fingerprint density at radius 3 is 2.86 bits per heavy atom. The van der Waals surface area contributed by atoms with E-state index in [1.54, 1.807) is 10.9 Å². The van der Waals surface area contributed by atoms with Crippen molar-refractivity contribution < 1.29 is 18.7 Å². The van der Waals surface area contributed by atoms with Crippen LogP contribution in [0, 0.1) is 0 Å². The van der Waals surface area contributed by atoms with Crippen LogP contribution in [0.25, 0.3) is 0 Å². The van der Waals surface area contributed by atoms with E-state index in [4.69, 9.17) is 13.9 Å². The van der Waals surface area contributed by atoms with Gasteiger partial charge in [0.1, 0.15) is 31.3 Å². The van der Waals surface area contributed by atoms with Gasteiger partial charge in [-0.1, -0.05) is 6.07 Å². The van der Waals surface area contributed by atoms with Crippen LogP contribution in [-0.2, 0) is 4.79 Å². The Hall–Kier alpha value is -3.55. The molecule has 0 radical (unpaired) electrons. The van der Waals surface area contributed by atoms with Gasteiger partial charge in [0.25, 0.3) is 0 Å². The van der Waals surface area contributed by atoms with Gasteiger partial charge < -0.3 is 19.2 Å². The van der Waals surface area contributed by atoms with Crippen LogP contribution in [0.3, 0.4) is 0 Å². The van der Waals surface area contributed by atoms with Gasteiger partial charge in [-0.3, -0.25) is 4.79 Å². The third-order valence-corrected chi connectivity index (χ3v) is 5.69. The van der Waals surface area contributed by atoms with E-state index in [0.29, 0.717) is 37.8 Å². The minimum Gasteiger partial charge on any atom is -0.486 e. The Morgan fingerprint density at radius 2 is 2.00 bits per heavy atom. The zero-order valence-corrected chi connectivity index (χ0v) is 15.5. The van der Waals surface area contributed by atoms with E-state index in [9.17, 15) is 4.79 Å². The van der Waals surface area contributed by atoms with Crippen molar-refractivity contribution in [1.29, 1.82) is 0 Å². The summed E-state index contributed by atoms with van der Waals surface area (Å²) in [6.45, 7) is 1.05. The average molecular weight is 390 g/mol. The number of benzene rings is 1. The van der Waals surface area contributed by atoms with Crippen molar-refractivity contribution in [1.82, 2.24) is 14.8 Å². The van der Waals surface area contributed by atoms with Crippen molar-refractivity contribution in [2.75, 3.05) is 18.5 Å². The van der Waals surface area contributed by atoms with E-state index < -0.39 is 0 Å². The first kappa shape index (κ1) is 16.4. The summed E-state index contributed by atoms with van der Waals surface area (Å²) in [4.78, 5) is 17.6. The van der Waals surface area contributed by atoms with E-state index >= 15 is 0 Å². The highest BCUT2D eigenvalue weighted by atomic mass is 16.6. The van der Waals surface area contributed by atoms with Gasteiger partial charge in [0.2, 0.25) is 5.95 Å². The fourth-order valence-corrected chi connectivity index (χ4v) is 4.41. The lowest BCUT2D eigenvalue weighted by atomic mass is 9.79. The number of carbonyl (C=O) groups is 1. The van der Waals surface area contributed by atoms with Crippen LogP contribution < -0.4 is 14.8 Å². The lowest BCUT2D eigenvalue weighted by Crippen LogP contribution is -2.33. The molecule has 29 heavy (non-hydrogen) atoms. The molecular weight excluding hydrogens is 372 g/mol. The molecule has 8 heteroatoms. The van der Waals surface area contributed by atoms with Crippen molar-refractivity contribution in [2.45, 2.75) is 24.8 Å². The number of aromatic nitrogens is 3. The molecule has 1 aliphatic carbocycles. The average Bonchev–Trinajstić information content (AvgIpc) is 3.43. The molecular formula is C21H18N4O4. The molecule has 1 N–H and O–H groups in total. The molecule has 0 amide bonds. The summed E-state index contributed by atoms with van der Waals surface area (Å²) in [7, 11) is 0. The van der Waals surface area contributed by atoms with Crippen molar-refractivity contribution in [3.63, 3.8) is 0 Å². The van der Waals surface area contributed by atoms with E-state index in [2.05, 4.69) is 15.4 Å². The summed E-state index contributed by atoms with van der Waals surface area (Å²) >= 11 is 0. The molecule has 0 saturated heterocycles. The number of ketones is 1. The molecule has 2 unspecified atom stereocenters. The van der Waals surface area contributed by atoms with Crippen LogP contribution in [0.4, 0.5) is 5.95 Å². The molecule has 3 aliphatic rings. The summed E-state index contributed by atoms with van der Waals surface area (Å²) in [5, 5.41) is 7.70. The van der Waals surface area contributed by atoms with E-state index in [1.807, 2.05) is 30.3 Å². The van der Waals surface area contributed by atoms with Crippen LogP contribution in [0.15, 0.2) is 58.6 Å². The summed E-state index contributed by atoms with van der Waals surface area (Å²) in [5.41, 5.74) is 2.52. The quantitative estimate of drug-likeness (QED) is 0.719. The normalized spacial score (nSPS) is 22.7. The standard InChI is InChI=1S/C21H18N4O4/c26-15-9-13(16-2-1-5-27-16)8-14-19(15)20(25-21(24-14)22-11-23-25)12-3-4-17-18(10-12)29-7-6-28-17/h1-5,10-11,13,20H,6-9H2,(H,22,23,24). The van der Waals surface area contributed by atoms with Gasteiger partial charge in [0, 0.05) is 23.6 Å². The third kappa shape index (κ3) is 2.55. The number of fused-ring (bicyclic) bond motifs is 2. The first-order valence-corrected chi connectivity index (χ1v) is 9.63. The number of anilines is 1. The molecule has 0 saturated carbocycles. The first-order valence-electron chi connectivity index (χ1n) is 9.63. The molecule has 8 nitrogen and oxygen atoms in total. The molecule has 2 aliphatic heterocycles. The second-order valence-electron chi connectivity index (χ2n) is 7.39. The molecule has 0 fully saturated rings. The predicted molar refractivity (Wildman–Crippen MR) is 102 cm³/mol. The fraction of sp³-hybridized carbons (Fsp3) is 0.286. The maximum Gasteiger partial charge on any atom is 0.226 e. The predicted octanol–water partition coefficient (Wildman–Crippen LogP) is 3.06. The van der Waals surface area contributed by atoms with Gasteiger partial charge in [0.05, 0.1) is 6.26 Å². The molecule has 146 valence electrons. The Labute approximate surface area is 166 Å². The number of Topliss-reactive ketones (excluding diaryl/α,β-unsaturated/α-hetero) is 1. The SMILES string of the molecule is O=C1CC(c2ccco2)CC2=C1C(c1ccc3c(c1)OCCO3)n1ncnc1N2. The Morgan fingerprint density at radius 1 is 1.10 bits per heavy atom. The zero-order valence-electron chi connectivity index (χ0n) is 15.5. The minimum atomic E-state index is -0.357. The van der Waals surface area contributed by atoms with Crippen LogP contribution in [-0.4, -0.2) is 33.8 Å². The number of rotatable bonds is 2. The monoisotopic (exact) mass is 390 g/mol. The van der Waals surface area contributed by atoms with Gasteiger partial charge in [-0.2, -0.15) is 10.1 Å². The zero-order chi connectivity index (χ0) is 19.4. The van der Waals surface area contributed by atoms with Crippen LogP contribution in [0.5, 0.6) is 11.5 Å². The first-order chi connectivity index (χ1) is 14.3. The van der Waals surface area contributed by atoms with Gasteiger partial charge in [0.15, 0.2) is 17.3 Å². The molecule has 3 aromatic rings. The lowest BCUT2D eigenvalue weighted by molar-refractivity contribution is -0.117. The van der Waals surface area contributed by atoms with Crippen molar-refractivity contribution in [3.8, 4) is 11.5 Å². The van der Waals surface area contributed by atoms with Crippen LogP contribution in [0.1, 0.15) is 36.1 Å². The van der Waals surface area contributed by atoms with E-state index in [1.165, 1.54) is 6.33 Å². The third-order valence-electron chi connectivity index (χ3n) is 5.69. The van der Waals surface area contributed by atoms with Crippen LogP contribution >= 0.6 is 0 Å². The maximum atomic E-state index is 13.3. The summed E-state index contributed by atoms with van der Waals surface area (Å²) < 4.78 is 18.7. The van der Waals surface area contributed by atoms with Gasteiger partial charge >= 0.3 is 0 Å². The summed E-state index contributed by atoms with van der Waals surface area (Å²) in [5.74, 6) is 2.95. The maximum absolute atomic E-state index is 13.3. The van der Waals surface area contributed by atoms with Gasteiger partial charge in [-0.15, -0.1) is 0 Å². The van der Waals surface area contributed by atoms with Crippen molar-refractivity contribution >= 4 is 11.7 Å². The number of allylic oxidation sites excluding steroid dienone is 2. The molecule has 0 spiro atoms. The molecule has 0 bridgehead atoms. The van der Waals surface area contributed by atoms with Crippen LogP contribution in [0.2, 0.25) is 0 Å². The number of carbonyl (C=O) groups excluding carboxylic acids is 1. The molecule has 2 atom stereocenters. The lowest BCUT2D eigenvalue weighted by Gasteiger charge is -2.34. The highest BCUT2D eigenvalue weighted by Gasteiger charge is 2.40. The largest absolute Gasteiger partial charge is 0.486 e. The second kappa shape index (κ2) is 6.23. The Balaban J connectivity index is 1.46. The minimum absolute atomic E-state index is 0.0131. The highest BCUT2D eigenvalue weighted by molar-refractivity contribution is 6.00. The van der Waals surface area contributed by atoms with E-state index in [0.717, 1.165) is 28.3 Å². The topological polar surface area (TPSA) is 91.4 Å². The number of ether oxygens (including phenoxy) is 2. The smallest absolute Gasteiger partial charge is 0.226 e. The van der Waals surface area contributed by atoms with Crippen molar-refractivity contribution in [3.05, 3.63) is 65.5 Å². The van der Waals surface area contributed by atoms with E-state index in [-0.39, 0.29) is 17.7 Å². The number of nitrogens with zero attached hydrogens (tertiary/aromatic N) is 3. The molecule has 1 aromatic carbocycles. The number of hydrogen-bond acceptors (Lipinski definition) is 7. The molecule has 6 rings (SSSR count). The summed E-state index contributed by atoms with van der Waals surface area (Å²) in [6.07, 6.45) is 4.23. The summed E-state index contributed by atoms with van der Waals surface area (Å²) in [6, 6.07) is 9.21. The fourth-order valence-electron chi connectivity index (χ4n) is 4.41. The number of hydrogen-bond donors (Lipinski definition) is 1. The molecule has 4 heterocycles. The Kier molecular flexibility index (Phi) is 3.53. The number of nitrogens with one attached hydrogen (secondary N) is 1. The highest BCUT2D eigenvalue weighted by Crippen LogP contribution is 2.45. The van der Waals surface area contributed by atoms with Gasteiger partial charge in [-0.05, 0) is 36.2 Å². The van der Waals surface area contributed by atoms with Crippen molar-refractivity contribution in [2.24, 2.45) is 0 Å². The van der Waals surface area contributed by atoms with Gasteiger partial charge in [-0.25, -0.2) is 4.68 Å². The number of furan rings is 1. The molecule has 2 aromatic heterocycles. The Bertz CT molecular complexity index is 1130.